The zero-order valence-electron chi connectivity index (χ0n) is 8.16. The lowest BCUT2D eigenvalue weighted by molar-refractivity contribution is 0.0524. The summed E-state index contributed by atoms with van der Waals surface area (Å²) >= 11 is 0. The Hall–Kier alpha value is -1.65. The van der Waals surface area contributed by atoms with Crippen molar-refractivity contribution in [2.75, 3.05) is 6.61 Å². The molecule has 14 heavy (non-hydrogen) atoms. The van der Waals surface area contributed by atoms with Crippen molar-refractivity contribution >= 4 is 5.97 Å². The molecule has 0 unspecified atom stereocenters. The normalized spacial score (nSPS) is 9.86. The van der Waals surface area contributed by atoms with Gasteiger partial charge in [-0.05, 0) is 13.3 Å². The summed E-state index contributed by atoms with van der Waals surface area (Å²) in [5.74, 6) is -0.497. The first-order valence-corrected chi connectivity index (χ1v) is 4.44. The molecule has 76 valence electrons. The predicted octanol–water partition coefficient (Wildman–Crippen LogP) is 0.509. The highest BCUT2D eigenvalue weighted by atomic mass is 16.5. The Labute approximate surface area is 81.1 Å². The molecule has 5 heteroatoms. The summed E-state index contributed by atoms with van der Waals surface area (Å²) in [5, 5.41) is 5.83. The number of hydrogen-bond acceptors (Lipinski definition) is 4. The van der Waals surface area contributed by atoms with E-state index in [1.54, 1.807) is 13.8 Å². The number of H-pyrrole nitrogens is 1. The molecule has 5 nitrogen and oxygen atoms in total. The van der Waals surface area contributed by atoms with Crippen molar-refractivity contribution in [1.82, 2.24) is 10.2 Å². The maximum absolute atomic E-state index is 11.4. The quantitative estimate of drug-likeness (QED) is 0.715. The van der Waals surface area contributed by atoms with Crippen molar-refractivity contribution in [3.05, 3.63) is 27.7 Å². The van der Waals surface area contributed by atoms with Gasteiger partial charge < -0.3 is 4.74 Å². The van der Waals surface area contributed by atoms with Crippen LogP contribution in [-0.2, 0) is 11.2 Å². The molecule has 0 saturated carbocycles. The van der Waals surface area contributed by atoms with Crippen LogP contribution in [0.2, 0.25) is 0 Å². The van der Waals surface area contributed by atoms with Gasteiger partial charge in [0.15, 0.2) is 0 Å². The van der Waals surface area contributed by atoms with Gasteiger partial charge in [-0.1, -0.05) is 6.92 Å². The molecule has 1 heterocycles. The van der Waals surface area contributed by atoms with Gasteiger partial charge in [-0.3, -0.25) is 4.79 Å². The number of carbonyl (C=O) groups is 1. The van der Waals surface area contributed by atoms with Gasteiger partial charge in [0, 0.05) is 5.56 Å². The van der Waals surface area contributed by atoms with Crippen LogP contribution in [0.3, 0.4) is 0 Å². The summed E-state index contributed by atoms with van der Waals surface area (Å²) < 4.78 is 4.79. The highest BCUT2D eigenvalue weighted by Crippen LogP contribution is 2.04. The Morgan fingerprint density at radius 1 is 1.57 bits per heavy atom. The van der Waals surface area contributed by atoms with Crippen LogP contribution < -0.4 is 5.56 Å². The van der Waals surface area contributed by atoms with Crippen LogP contribution in [0, 0.1) is 0 Å². The second kappa shape index (κ2) is 4.55. The van der Waals surface area contributed by atoms with Gasteiger partial charge in [0.1, 0.15) is 0 Å². The molecule has 1 aromatic heterocycles. The summed E-state index contributed by atoms with van der Waals surface area (Å²) in [7, 11) is 0. The zero-order chi connectivity index (χ0) is 10.6. The van der Waals surface area contributed by atoms with E-state index in [9.17, 15) is 9.59 Å². The molecule has 0 amide bonds. The zero-order valence-corrected chi connectivity index (χ0v) is 8.16. The second-order valence-corrected chi connectivity index (χ2v) is 2.67. The fraction of sp³-hybridized carbons (Fsp3) is 0.444. The van der Waals surface area contributed by atoms with E-state index in [-0.39, 0.29) is 17.7 Å². The van der Waals surface area contributed by atoms with Crippen LogP contribution in [0.1, 0.15) is 29.8 Å². The fourth-order valence-corrected chi connectivity index (χ4v) is 1.16. The lowest BCUT2D eigenvalue weighted by atomic mass is 10.1. The summed E-state index contributed by atoms with van der Waals surface area (Å²) in [4.78, 5) is 22.6. The van der Waals surface area contributed by atoms with E-state index < -0.39 is 5.97 Å². The maximum atomic E-state index is 11.4. The molecule has 0 fully saturated rings. The van der Waals surface area contributed by atoms with Crippen LogP contribution in [0.25, 0.3) is 0 Å². The lowest BCUT2D eigenvalue weighted by Gasteiger charge is -2.04. The molecule has 0 atom stereocenters. The van der Waals surface area contributed by atoms with Crippen molar-refractivity contribution in [3.63, 3.8) is 0 Å². The summed E-state index contributed by atoms with van der Waals surface area (Å²) in [6, 6.07) is 0. The van der Waals surface area contributed by atoms with Crippen LogP contribution in [0.4, 0.5) is 0 Å². The first kappa shape index (κ1) is 10.4. The van der Waals surface area contributed by atoms with E-state index in [1.807, 2.05) is 0 Å². The molecule has 1 rings (SSSR count). The number of hydrogen-bond donors (Lipinski definition) is 1. The van der Waals surface area contributed by atoms with E-state index in [2.05, 4.69) is 10.2 Å². The van der Waals surface area contributed by atoms with Crippen molar-refractivity contribution in [2.45, 2.75) is 20.3 Å². The summed E-state index contributed by atoms with van der Waals surface area (Å²) in [6.45, 7) is 3.80. The van der Waals surface area contributed by atoms with E-state index in [0.29, 0.717) is 12.0 Å². The molecule has 0 radical (unpaired) electrons. The Morgan fingerprint density at radius 2 is 2.29 bits per heavy atom. The molecule has 1 aromatic rings. The van der Waals surface area contributed by atoms with Gasteiger partial charge in [-0.15, -0.1) is 0 Å². The largest absolute Gasteiger partial charge is 0.462 e. The molecule has 0 saturated heterocycles. The summed E-state index contributed by atoms with van der Waals surface area (Å²) in [6.07, 6.45) is 1.80. The average Bonchev–Trinajstić information content (AvgIpc) is 2.17. The van der Waals surface area contributed by atoms with Crippen molar-refractivity contribution < 1.29 is 9.53 Å². The standard InChI is InChI=1S/C9H12N2O3/c1-3-6-7(9(13)14-4-2)5-10-11-8(6)12/h5H,3-4H2,1-2H3,(H,11,12). The molecular weight excluding hydrogens is 184 g/mol. The van der Waals surface area contributed by atoms with E-state index in [0.717, 1.165) is 0 Å². The smallest absolute Gasteiger partial charge is 0.340 e. The van der Waals surface area contributed by atoms with Gasteiger partial charge in [0.2, 0.25) is 0 Å². The number of ether oxygens (including phenoxy) is 1. The third-order valence-corrected chi connectivity index (χ3v) is 1.81. The molecule has 0 aromatic carbocycles. The minimum Gasteiger partial charge on any atom is -0.462 e. The molecule has 1 N–H and O–H groups in total. The first-order chi connectivity index (χ1) is 6.70. The van der Waals surface area contributed by atoms with Crippen LogP contribution >= 0.6 is 0 Å². The molecule has 0 aliphatic carbocycles. The van der Waals surface area contributed by atoms with Gasteiger partial charge in [0.05, 0.1) is 18.4 Å². The third-order valence-electron chi connectivity index (χ3n) is 1.81. The Balaban J connectivity index is 3.14. The Morgan fingerprint density at radius 3 is 2.86 bits per heavy atom. The lowest BCUT2D eigenvalue weighted by Crippen LogP contribution is -2.20. The third kappa shape index (κ3) is 1.99. The summed E-state index contributed by atoms with van der Waals surface area (Å²) in [5.41, 5.74) is 0.328. The molecular formula is C9H12N2O3. The van der Waals surface area contributed by atoms with Gasteiger partial charge in [-0.2, -0.15) is 5.10 Å². The van der Waals surface area contributed by atoms with Gasteiger partial charge >= 0.3 is 5.97 Å². The highest BCUT2D eigenvalue weighted by molar-refractivity contribution is 5.90. The monoisotopic (exact) mass is 196 g/mol. The van der Waals surface area contributed by atoms with Crippen molar-refractivity contribution in [3.8, 4) is 0 Å². The molecule has 0 aliphatic rings. The van der Waals surface area contributed by atoms with Crippen molar-refractivity contribution in [2.24, 2.45) is 0 Å². The molecule has 0 aliphatic heterocycles. The van der Waals surface area contributed by atoms with Gasteiger partial charge in [-0.25, -0.2) is 9.89 Å². The van der Waals surface area contributed by atoms with E-state index >= 15 is 0 Å². The second-order valence-electron chi connectivity index (χ2n) is 2.67. The first-order valence-electron chi connectivity index (χ1n) is 4.44. The Bertz CT molecular complexity index is 384. The van der Waals surface area contributed by atoms with E-state index in [4.69, 9.17) is 4.74 Å². The fourth-order valence-electron chi connectivity index (χ4n) is 1.16. The average molecular weight is 196 g/mol. The van der Waals surface area contributed by atoms with Crippen LogP contribution in [-0.4, -0.2) is 22.8 Å². The topological polar surface area (TPSA) is 72.0 Å². The SMILES string of the molecule is CCOC(=O)c1cn[nH]c(=O)c1CC. The number of rotatable bonds is 3. The number of aromatic nitrogens is 2. The minimum absolute atomic E-state index is 0.248. The molecule has 0 bridgehead atoms. The number of nitrogens with one attached hydrogen (secondary N) is 1. The highest BCUT2D eigenvalue weighted by Gasteiger charge is 2.14. The number of aromatic amines is 1. The van der Waals surface area contributed by atoms with Crippen LogP contribution in [0.5, 0.6) is 0 Å². The van der Waals surface area contributed by atoms with Gasteiger partial charge in [0.25, 0.3) is 5.56 Å². The number of carbonyl (C=O) groups excluding carboxylic acids is 1. The molecule has 0 spiro atoms. The van der Waals surface area contributed by atoms with Crippen LogP contribution in [0.15, 0.2) is 11.0 Å². The number of nitrogens with zero attached hydrogens (tertiary/aromatic N) is 1. The number of esters is 1. The Kier molecular flexibility index (Phi) is 3.39. The maximum Gasteiger partial charge on any atom is 0.340 e. The predicted molar refractivity (Wildman–Crippen MR) is 50.2 cm³/mol. The minimum atomic E-state index is -0.497. The van der Waals surface area contributed by atoms with Crippen molar-refractivity contribution in [1.29, 1.82) is 0 Å². The van der Waals surface area contributed by atoms with E-state index in [1.165, 1.54) is 6.20 Å².